The summed E-state index contributed by atoms with van der Waals surface area (Å²) >= 11 is 0. The Hall–Kier alpha value is -3.60. The second-order valence-electron chi connectivity index (χ2n) is 7.25. The van der Waals surface area contributed by atoms with E-state index in [-0.39, 0.29) is 0 Å². The van der Waals surface area contributed by atoms with Crippen LogP contribution in [-0.4, -0.2) is 31.2 Å². The number of aryl methyl sites for hydroxylation is 2. The molecule has 0 radical (unpaired) electrons. The Morgan fingerprint density at radius 3 is 2.13 bits per heavy atom. The Labute approximate surface area is 176 Å². The Morgan fingerprint density at radius 2 is 1.43 bits per heavy atom. The molecule has 5 nitrogen and oxygen atoms in total. The zero-order valence-electron chi connectivity index (χ0n) is 17.9. The number of hydrogen-bond donors (Lipinski definition) is 1. The predicted molar refractivity (Wildman–Crippen MR) is 123 cm³/mol. The Kier molecular flexibility index (Phi) is 5.27. The molecule has 5 heteroatoms. The topological polar surface area (TPSA) is 56.3 Å². The smallest absolute Gasteiger partial charge is 0.223 e. The SMILES string of the molecule is CNc1nc(-c2cccc(-c3ccc(C)c(C)c3)c2)c2cc(OC)c(OC)cc2n1. The van der Waals surface area contributed by atoms with Gasteiger partial charge in [0, 0.05) is 24.1 Å². The molecule has 0 aliphatic rings. The monoisotopic (exact) mass is 399 g/mol. The molecule has 4 aromatic rings. The lowest BCUT2D eigenvalue weighted by molar-refractivity contribution is 0.356. The standard InChI is InChI=1S/C25H25N3O2/c1-15-9-10-18(11-16(15)2)17-7-6-8-19(12-17)24-20-13-22(29-4)23(30-5)14-21(20)27-25(26-3)28-24/h6-14H,1-5H3,(H,26,27,28). The highest BCUT2D eigenvalue weighted by Gasteiger charge is 2.15. The number of aromatic nitrogens is 2. The lowest BCUT2D eigenvalue weighted by Crippen LogP contribution is -2.00. The number of methoxy groups -OCH3 is 2. The molecule has 3 aromatic carbocycles. The van der Waals surface area contributed by atoms with Crippen molar-refractivity contribution in [3.8, 4) is 33.9 Å². The van der Waals surface area contributed by atoms with Gasteiger partial charge in [0.15, 0.2) is 11.5 Å². The van der Waals surface area contributed by atoms with Gasteiger partial charge in [0.1, 0.15) is 0 Å². The summed E-state index contributed by atoms with van der Waals surface area (Å²) in [7, 11) is 5.07. The highest BCUT2D eigenvalue weighted by atomic mass is 16.5. The minimum absolute atomic E-state index is 0.557. The van der Waals surface area contributed by atoms with Gasteiger partial charge in [-0.25, -0.2) is 9.97 Å². The van der Waals surface area contributed by atoms with Crippen LogP contribution >= 0.6 is 0 Å². The molecule has 30 heavy (non-hydrogen) atoms. The van der Waals surface area contributed by atoms with Gasteiger partial charge < -0.3 is 14.8 Å². The molecule has 0 aliphatic carbocycles. The Morgan fingerprint density at radius 1 is 0.733 bits per heavy atom. The van der Waals surface area contributed by atoms with E-state index in [0.29, 0.717) is 17.4 Å². The molecule has 0 atom stereocenters. The summed E-state index contributed by atoms with van der Waals surface area (Å²) in [5, 5.41) is 3.97. The van der Waals surface area contributed by atoms with Crippen molar-refractivity contribution in [2.75, 3.05) is 26.6 Å². The molecular weight excluding hydrogens is 374 g/mol. The van der Waals surface area contributed by atoms with E-state index < -0.39 is 0 Å². The molecule has 0 saturated heterocycles. The van der Waals surface area contributed by atoms with Gasteiger partial charge in [-0.3, -0.25) is 0 Å². The van der Waals surface area contributed by atoms with Crippen molar-refractivity contribution in [1.29, 1.82) is 0 Å². The number of rotatable bonds is 5. The maximum atomic E-state index is 5.51. The number of fused-ring (bicyclic) bond motifs is 1. The maximum absolute atomic E-state index is 5.51. The lowest BCUT2D eigenvalue weighted by atomic mass is 9.97. The molecule has 1 heterocycles. The van der Waals surface area contributed by atoms with Crippen LogP contribution in [0, 0.1) is 13.8 Å². The summed E-state index contributed by atoms with van der Waals surface area (Å²) in [5.41, 5.74) is 7.55. The third-order valence-electron chi connectivity index (χ3n) is 5.40. The van der Waals surface area contributed by atoms with E-state index in [2.05, 4.69) is 66.6 Å². The summed E-state index contributed by atoms with van der Waals surface area (Å²) in [6.07, 6.45) is 0. The second kappa shape index (κ2) is 8.03. The van der Waals surface area contributed by atoms with Gasteiger partial charge in [-0.15, -0.1) is 0 Å². The van der Waals surface area contributed by atoms with Gasteiger partial charge in [-0.1, -0.05) is 36.4 Å². The average molecular weight is 399 g/mol. The highest BCUT2D eigenvalue weighted by molar-refractivity contribution is 5.96. The number of ether oxygens (including phenoxy) is 2. The first kappa shape index (κ1) is 19.7. The maximum Gasteiger partial charge on any atom is 0.223 e. The normalized spacial score (nSPS) is 10.8. The predicted octanol–water partition coefficient (Wildman–Crippen LogP) is 5.64. The van der Waals surface area contributed by atoms with Crippen molar-refractivity contribution in [1.82, 2.24) is 9.97 Å². The Bertz CT molecular complexity index is 1230. The molecule has 0 fully saturated rings. The van der Waals surface area contributed by atoms with Gasteiger partial charge in [0.25, 0.3) is 0 Å². The first-order valence-electron chi connectivity index (χ1n) is 9.83. The van der Waals surface area contributed by atoms with Crippen molar-refractivity contribution in [2.24, 2.45) is 0 Å². The van der Waals surface area contributed by atoms with Crippen LogP contribution in [0.5, 0.6) is 11.5 Å². The van der Waals surface area contributed by atoms with Crippen LogP contribution < -0.4 is 14.8 Å². The van der Waals surface area contributed by atoms with E-state index in [1.165, 1.54) is 16.7 Å². The van der Waals surface area contributed by atoms with E-state index in [9.17, 15) is 0 Å². The van der Waals surface area contributed by atoms with Crippen LogP contribution in [0.4, 0.5) is 5.95 Å². The molecule has 4 rings (SSSR count). The number of nitrogens with zero attached hydrogens (tertiary/aromatic N) is 2. The molecule has 1 aromatic heterocycles. The molecule has 152 valence electrons. The molecular formula is C25H25N3O2. The zero-order chi connectivity index (χ0) is 21.3. The van der Waals surface area contributed by atoms with Crippen molar-refractivity contribution < 1.29 is 9.47 Å². The summed E-state index contributed by atoms with van der Waals surface area (Å²) in [6, 6.07) is 18.8. The minimum Gasteiger partial charge on any atom is -0.493 e. The fraction of sp³-hybridized carbons (Fsp3) is 0.200. The molecule has 0 unspecified atom stereocenters. The summed E-state index contributed by atoms with van der Waals surface area (Å²) < 4.78 is 11.0. The molecule has 0 spiro atoms. The molecule has 0 amide bonds. The van der Waals surface area contributed by atoms with Gasteiger partial charge >= 0.3 is 0 Å². The number of hydrogen-bond acceptors (Lipinski definition) is 5. The lowest BCUT2D eigenvalue weighted by Gasteiger charge is -2.13. The van der Waals surface area contributed by atoms with Crippen LogP contribution in [0.25, 0.3) is 33.3 Å². The zero-order valence-corrected chi connectivity index (χ0v) is 17.9. The van der Waals surface area contributed by atoms with Crippen molar-refractivity contribution in [3.05, 3.63) is 65.7 Å². The van der Waals surface area contributed by atoms with E-state index in [1.54, 1.807) is 14.2 Å². The third kappa shape index (κ3) is 3.54. The Balaban J connectivity index is 1.93. The van der Waals surface area contributed by atoms with Crippen LogP contribution in [0.15, 0.2) is 54.6 Å². The van der Waals surface area contributed by atoms with E-state index in [0.717, 1.165) is 27.7 Å². The fourth-order valence-electron chi connectivity index (χ4n) is 3.55. The van der Waals surface area contributed by atoms with Crippen molar-refractivity contribution >= 4 is 16.9 Å². The molecule has 1 N–H and O–H groups in total. The third-order valence-corrected chi connectivity index (χ3v) is 5.40. The van der Waals surface area contributed by atoms with Crippen LogP contribution in [0.3, 0.4) is 0 Å². The van der Waals surface area contributed by atoms with Gasteiger partial charge in [0.2, 0.25) is 5.95 Å². The second-order valence-corrected chi connectivity index (χ2v) is 7.25. The van der Waals surface area contributed by atoms with Crippen molar-refractivity contribution in [2.45, 2.75) is 13.8 Å². The molecule has 0 saturated carbocycles. The quantitative estimate of drug-likeness (QED) is 0.471. The molecule has 0 aliphatic heterocycles. The summed E-state index contributed by atoms with van der Waals surface area (Å²) in [5.74, 6) is 1.85. The van der Waals surface area contributed by atoms with Gasteiger partial charge in [0.05, 0.1) is 25.4 Å². The largest absolute Gasteiger partial charge is 0.493 e. The molecule has 0 bridgehead atoms. The number of nitrogens with one attached hydrogen (secondary N) is 1. The average Bonchev–Trinajstić information content (AvgIpc) is 2.79. The van der Waals surface area contributed by atoms with E-state index >= 15 is 0 Å². The first-order valence-corrected chi connectivity index (χ1v) is 9.83. The number of anilines is 1. The van der Waals surface area contributed by atoms with Gasteiger partial charge in [-0.05, 0) is 48.2 Å². The van der Waals surface area contributed by atoms with Crippen LogP contribution in [0.2, 0.25) is 0 Å². The first-order chi connectivity index (χ1) is 14.5. The summed E-state index contributed by atoms with van der Waals surface area (Å²) in [4.78, 5) is 9.38. The fourth-order valence-corrected chi connectivity index (χ4v) is 3.55. The minimum atomic E-state index is 0.557. The van der Waals surface area contributed by atoms with Crippen molar-refractivity contribution in [3.63, 3.8) is 0 Å². The van der Waals surface area contributed by atoms with Crippen LogP contribution in [-0.2, 0) is 0 Å². The van der Waals surface area contributed by atoms with Gasteiger partial charge in [-0.2, -0.15) is 0 Å². The van der Waals surface area contributed by atoms with E-state index in [1.807, 2.05) is 19.2 Å². The number of benzene rings is 3. The highest BCUT2D eigenvalue weighted by Crippen LogP contribution is 2.37. The van der Waals surface area contributed by atoms with Crippen LogP contribution in [0.1, 0.15) is 11.1 Å². The van der Waals surface area contributed by atoms with E-state index in [4.69, 9.17) is 14.5 Å². The summed E-state index contributed by atoms with van der Waals surface area (Å²) in [6.45, 7) is 4.27.